The van der Waals surface area contributed by atoms with Gasteiger partial charge in [-0.25, -0.2) is 4.68 Å². The third-order valence-corrected chi connectivity index (χ3v) is 4.13. The van der Waals surface area contributed by atoms with E-state index in [2.05, 4.69) is 15.3 Å². The van der Waals surface area contributed by atoms with E-state index < -0.39 is 0 Å². The Morgan fingerprint density at radius 1 is 1.11 bits per heavy atom. The third-order valence-electron chi connectivity index (χ3n) is 4.13. The Bertz CT molecular complexity index is 388. The van der Waals surface area contributed by atoms with Crippen molar-refractivity contribution in [2.45, 2.75) is 38.0 Å². The van der Waals surface area contributed by atoms with E-state index in [-0.39, 0.29) is 0 Å². The standard InChI is InChI=1S/C13H23N5/c1-17-13(18-9-7-14-8-10-18)15-12(16-17)11-5-3-2-4-6-11/h11,14H,2-10H2,1H3. The van der Waals surface area contributed by atoms with E-state index in [1.807, 2.05) is 11.7 Å². The van der Waals surface area contributed by atoms with E-state index in [1.165, 1.54) is 32.1 Å². The largest absolute Gasteiger partial charge is 0.338 e. The summed E-state index contributed by atoms with van der Waals surface area (Å²) < 4.78 is 1.97. The highest BCUT2D eigenvalue weighted by atomic mass is 15.4. The van der Waals surface area contributed by atoms with Gasteiger partial charge in [-0.1, -0.05) is 19.3 Å². The summed E-state index contributed by atoms with van der Waals surface area (Å²) in [5.41, 5.74) is 0. The molecule has 0 bridgehead atoms. The average molecular weight is 249 g/mol. The van der Waals surface area contributed by atoms with Crippen LogP contribution in [0.15, 0.2) is 0 Å². The molecule has 5 heteroatoms. The van der Waals surface area contributed by atoms with Gasteiger partial charge >= 0.3 is 0 Å². The molecule has 0 radical (unpaired) electrons. The molecular weight excluding hydrogens is 226 g/mol. The molecule has 1 aliphatic heterocycles. The number of hydrogen-bond acceptors (Lipinski definition) is 4. The van der Waals surface area contributed by atoms with Gasteiger partial charge in [-0.3, -0.25) is 0 Å². The normalized spacial score (nSPS) is 22.4. The number of anilines is 1. The fourth-order valence-electron chi connectivity index (χ4n) is 3.07. The Balaban J connectivity index is 1.76. The van der Waals surface area contributed by atoms with E-state index in [0.717, 1.165) is 38.0 Å². The van der Waals surface area contributed by atoms with Crippen LogP contribution in [0, 0.1) is 0 Å². The molecule has 5 nitrogen and oxygen atoms in total. The molecule has 1 aromatic rings. The predicted octanol–water partition coefficient (Wildman–Crippen LogP) is 1.27. The van der Waals surface area contributed by atoms with Gasteiger partial charge in [0.1, 0.15) is 0 Å². The fraction of sp³-hybridized carbons (Fsp3) is 0.846. The SMILES string of the molecule is Cn1nc(C2CCCCC2)nc1N1CCNCC1. The van der Waals surface area contributed by atoms with Crippen LogP contribution in [0.2, 0.25) is 0 Å². The van der Waals surface area contributed by atoms with Gasteiger partial charge in [0.2, 0.25) is 5.95 Å². The van der Waals surface area contributed by atoms with Crippen molar-refractivity contribution in [3.8, 4) is 0 Å². The van der Waals surface area contributed by atoms with Crippen molar-refractivity contribution in [2.24, 2.45) is 7.05 Å². The number of nitrogens with zero attached hydrogens (tertiary/aromatic N) is 4. The summed E-state index contributed by atoms with van der Waals surface area (Å²) in [4.78, 5) is 7.15. The lowest BCUT2D eigenvalue weighted by Crippen LogP contribution is -2.44. The van der Waals surface area contributed by atoms with Crippen LogP contribution < -0.4 is 10.2 Å². The monoisotopic (exact) mass is 249 g/mol. The second kappa shape index (κ2) is 5.26. The molecule has 0 spiro atoms. The minimum absolute atomic E-state index is 0.599. The third kappa shape index (κ3) is 2.36. The first-order chi connectivity index (χ1) is 8.84. The number of hydrogen-bond donors (Lipinski definition) is 1. The van der Waals surface area contributed by atoms with Gasteiger partial charge in [-0.05, 0) is 12.8 Å². The van der Waals surface area contributed by atoms with Crippen molar-refractivity contribution < 1.29 is 0 Å². The maximum absolute atomic E-state index is 4.81. The molecule has 1 saturated heterocycles. The van der Waals surface area contributed by atoms with Crippen LogP contribution in [0.4, 0.5) is 5.95 Å². The van der Waals surface area contributed by atoms with Gasteiger partial charge in [0.15, 0.2) is 5.82 Å². The van der Waals surface area contributed by atoms with Gasteiger partial charge in [0.05, 0.1) is 0 Å². The Labute approximate surface area is 109 Å². The molecule has 0 amide bonds. The van der Waals surface area contributed by atoms with Crippen molar-refractivity contribution >= 4 is 5.95 Å². The molecule has 1 saturated carbocycles. The molecule has 1 aliphatic carbocycles. The topological polar surface area (TPSA) is 46.0 Å². The van der Waals surface area contributed by atoms with Crippen LogP contribution in [0.5, 0.6) is 0 Å². The summed E-state index contributed by atoms with van der Waals surface area (Å²) in [5, 5.41) is 8.03. The van der Waals surface area contributed by atoms with E-state index in [0.29, 0.717) is 5.92 Å². The van der Waals surface area contributed by atoms with Crippen molar-refractivity contribution in [1.29, 1.82) is 0 Å². The smallest absolute Gasteiger partial charge is 0.223 e. The van der Waals surface area contributed by atoms with E-state index in [1.54, 1.807) is 0 Å². The first kappa shape index (κ1) is 12.0. The highest BCUT2D eigenvalue weighted by Crippen LogP contribution is 2.31. The van der Waals surface area contributed by atoms with Gasteiger partial charge in [-0.15, -0.1) is 0 Å². The molecule has 3 rings (SSSR count). The lowest BCUT2D eigenvalue weighted by molar-refractivity contribution is 0.427. The molecule has 2 aliphatic rings. The molecule has 1 aromatic heterocycles. The van der Waals surface area contributed by atoms with Crippen LogP contribution in [-0.4, -0.2) is 40.9 Å². The van der Waals surface area contributed by atoms with Gasteiger partial charge < -0.3 is 10.2 Å². The van der Waals surface area contributed by atoms with Crippen LogP contribution in [0.1, 0.15) is 43.8 Å². The average Bonchev–Trinajstić information content (AvgIpc) is 2.83. The summed E-state index contributed by atoms with van der Waals surface area (Å²) in [6.07, 6.45) is 6.60. The van der Waals surface area contributed by atoms with Crippen LogP contribution in [0.25, 0.3) is 0 Å². The highest BCUT2D eigenvalue weighted by Gasteiger charge is 2.23. The minimum Gasteiger partial charge on any atom is -0.338 e. The van der Waals surface area contributed by atoms with E-state index in [4.69, 9.17) is 4.98 Å². The highest BCUT2D eigenvalue weighted by molar-refractivity contribution is 5.31. The molecule has 0 unspecified atom stereocenters. The molecular formula is C13H23N5. The first-order valence-electron chi connectivity index (χ1n) is 7.21. The lowest BCUT2D eigenvalue weighted by Gasteiger charge is -2.27. The van der Waals surface area contributed by atoms with Gasteiger partial charge in [0, 0.05) is 39.1 Å². The zero-order valence-corrected chi connectivity index (χ0v) is 11.2. The number of aryl methyl sites for hydroxylation is 1. The zero-order chi connectivity index (χ0) is 12.4. The zero-order valence-electron chi connectivity index (χ0n) is 11.2. The first-order valence-corrected chi connectivity index (χ1v) is 7.21. The summed E-state index contributed by atoms with van der Waals surface area (Å²) in [6.45, 7) is 4.17. The van der Waals surface area contributed by atoms with E-state index >= 15 is 0 Å². The van der Waals surface area contributed by atoms with Crippen molar-refractivity contribution in [2.75, 3.05) is 31.1 Å². The summed E-state index contributed by atoms with van der Waals surface area (Å²) in [7, 11) is 2.02. The quantitative estimate of drug-likeness (QED) is 0.857. The molecule has 2 heterocycles. The minimum atomic E-state index is 0.599. The maximum Gasteiger partial charge on any atom is 0.223 e. The fourth-order valence-corrected chi connectivity index (χ4v) is 3.07. The van der Waals surface area contributed by atoms with Crippen LogP contribution in [-0.2, 0) is 7.05 Å². The second-order valence-corrected chi connectivity index (χ2v) is 5.47. The van der Waals surface area contributed by atoms with E-state index in [9.17, 15) is 0 Å². The van der Waals surface area contributed by atoms with Crippen LogP contribution >= 0.6 is 0 Å². The Kier molecular flexibility index (Phi) is 3.50. The second-order valence-electron chi connectivity index (χ2n) is 5.47. The molecule has 100 valence electrons. The Morgan fingerprint density at radius 3 is 2.56 bits per heavy atom. The molecule has 0 aromatic carbocycles. The van der Waals surface area contributed by atoms with Crippen molar-refractivity contribution in [1.82, 2.24) is 20.1 Å². The van der Waals surface area contributed by atoms with Gasteiger partial charge in [-0.2, -0.15) is 10.1 Å². The van der Waals surface area contributed by atoms with Crippen molar-refractivity contribution in [3.63, 3.8) is 0 Å². The molecule has 0 atom stereocenters. The number of nitrogens with one attached hydrogen (secondary N) is 1. The Morgan fingerprint density at radius 2 is 1.83 bits per heavy atom. The maximum atomic E-state index is 4.81. The lowest BCUT2D eigenvalue weighted by atomic mass is 9.89. The molecule has 18 heavy (non-hydrogen) atoms. The van der Waals surface area contributed by atoms with Crippen molar-refractivity contribution in [3.05, 3.63) is 5.82 Å². The van der Waals surface area contributed by atoms with Gasteiger partial charge in [0.25, 0.3) is 0 Å². The summed E-state index contributed by atoms with van der Waals surface area (Å²) in [6, 6.07) is 0. The number of aromatic nitrogens is 3. The van der Waals surface area contributed by atoms with Crippen LogP contribution in [0.3, 0.4) is 0 Å². The predicted molar refractivity (Wildman–Crippen MR) is 71.9 cm³/mol. The Hall–Kier alpha value is -1.10. The summed E-state index contributed by atoms with van der Waals surface area (Å²) >= 11 is 0. The number of rotatable bonds is 2. The molecule has 2 fully saturated rings. The number of piperazine rings is 1. The molecule has 1 N–H and O–H groups in total. The summed E-state index contributed by atoms with van der Waals surface area (Å²) in [5.74, 6) is 2.73.